The quantitative estimate of drug-likeness (QED) is 0.819. The molecule has 1 aromatic carbocycles. The Hall–Kier alpha value is -0.460. The molecule has 0 heterocycles. The van der Waals surface area contributed by atoms with E-state index in [1.54, 1.807) is 0 Å². The molecule has 0 amide bonds. The van der Waals surface area contributed by atoms with Crippen LogP contribution >= 0.6 is 15.9 Å². The van der Waals surface area contributed by atoms with Gasteiger partial charge in [0.15, 0.2) is 0 Å². The smallest absolute Gasteiger partial charge is 0.224 e. The minimum atomic E-state index is -3.99. The zero-order valence-corrected chi connectivity index (χ0v) is 8.19. The predicted molar refractivity (Wildman–Crippen MR) is 45.5 cm³/mol. The first-order valence-electron chi connectivity index (χ1n) is 2.90. The van der Waals surface area contributed by atoms with Crippen molar-refractivity contribution in [2.45, 2.75) is 4.90 Å². The molecule has 0 aliphatic carbocycles. The summed E-state index contributed by atoms with van der Waals surface area (Å²) in [5, 5.41) is 4.76. The minimum Gasteiger partial charge on any atom is -0.224 e. The van der Waals surface area contributed by atoms with Gasteiger partial charge in [-0.15, -0.1) is 0 Å². The van der Waals surface area contributed by atoms with Gasteiger partial charge in [0.1, 0.15) is 10.7 Å². The van der Waals surface area contributed by atoms with Crippen molar-refractivity contribution in [3.8, 4) is 0 Å². The van der Waals surface area contributed by atoms with Crippen LogP contribution in [0.15, 0.2) is 27.6 Å². The van der Waals surface area contributed by atoms with Gasteiger partial charge in [-0.05, 0) is 28.1 Å². The summed E-state index contributed by atoms with van der Waals surface area (Å²) in [4.78, 5) is -0.509. The Bertz CT molecular complexity index is 384. The Balaban J connectivity index is 3.53. The lowest BCUT2D eigenvalue weighted by atomic mass is 10.3. The third-order valence-corrected chi connectivity index (χ3v) is 3.11. The third-order valence-electron chi connectivity index (χ3n) is 1.20. The van der Waals surface area contributed by atoms with Gasteiger partial charge in [0.2, 0.25) is 10.0 Å². The van der Waals surface area contributed by atoms with E-state index in [1.807, 2.05) is 0 Å². The van der Waals surface area contributed by atoms with Crippen LogP contribution < -0.4 is 5.14 Å². The van der Waals surface area contributed by atoms with E-state index in [1.165, 1.54) is 12.1 Å². The molecule has 0 aliphatic rings. The van der Waals surface area contributed by atoms with Crippen molar-refractivity contribution in [2.24, 2.45) is 5.14 Å². The summed E-state index contributed by atoms with van der Waals surface area (Å²) in [7, 11) is -3.99. The van der Waals surface area contributed by atoms with E-state index in [2.05, 4.69) is 15.9 Å². The Labute approximate surface area is 77.6 Å². The lowest BCUT2D eigenvalue weighted by Crippen LogP contribution is -2.14. The molecule has 0 spiro atoms. The van der Waals surface area contributed by atoms with Crippen LogP contribution in [0, 0.1) is 5.82 Å². The monoisotopic (exact) mass is 253 g/mol. The average molecular weight is 254 g/mol. The fourth-order valence-corrected chi connectivity index (χ4v) is 2.45. The summed E-state index contributed by atoms with van der Waals surface area (Å²) >= 11 is 2.88. The Morgan fingerprint density at radius 2 is 2.00 bits per heavy atom. The predicted octanol–water partition coefficient (Wildman–Crippen LogP) is 1.24. The Kier molecular flexibility index (Phi) is 2.50. The topological polar surface area (TPSA) is 60.2 Å². The van der Waals surface area contributed by atoms with Gasteiger partial charge in [-0.25, -0.2) is 17.9 Å². The van der Waals surface area contributed by atoms with E-state index in [-0.39, 0.29) is 4.47 Å². The van der Waals surface area contributed by atoms with E-state index >= 15 is 0 Å². The van der Waals surface area contributed by atoms with Crippen molar-refractivity contribution in [3.63, 3.8) is 0 Å². The van der Waals surface area contributed by atoms with Crippen molar-refractivity contribution < 1.29 is 12.8 Å². The number of hydrogen-bond acceptors (Lipinski definition) is 2. The molecule has 0 saturated heterocycles. The van der Waals surface area contributed by atoms with E-state index in [0.29, 0.717) is 0 Å². The van der Waals surface area contributed by atoms with Gasteiger partial charge in [0.25, 0.3) is 0 Å². The highest BCUT2D eigenvalue weighted by Crippen LogP contribution is 2.22. The normalized spacial score (nSPS) is 11.6. The van der Waals surface area contributed by atoms with E-state index in [0.717, 1.165) is 6.07 Å². The molecule has 0 bridgehead atoms. The van der Waals surface area contributed by atoms with Crippen LogP contribution in [0.4, 0.5) is 4.39 Å². The molecule has 1 rings (SSSR count). The molecule has 2 N–H and O–H groups in total. The number of benzene rings is 1. The maximum absolute atomic E-state index is 12.9. The highest BCUT2D eigenvalue weighted by molar-refractivity contribution is 9.10. The van der Waals surface area contributed by atoms with Crippen molar-refractivity contribution in [2.75, 3.05) is 0 Å². The second kappa shape index (κ2) is 3.12. The second-order valence-corrected chi connectivity index (χ2v) is 4.45. The van der Waals surface area contributed by atoms with Crippen molar-refractivity contribution >= 4 is 26.0 Å². The zero-order valence-electron chi connectivity index (χ0n) is 5.79. The van der Waals surface area contributed by atoms with Gasteiger partial charge in [-0.1, -0.05) is 6.07 Å². The van der Waals surface area contributed by atoms with Crippen LogP contribution in [0.1, 0.15) is 0 Å². The van der Waals surface area contributed by atoms with Crippen molar-refractivity contribution in [1.29, 1.82) is 0 Å². The highest BCUT2D eigenvalue weighted by atomic mass is 79.9. The van der Waals surface area contributed by atoms with Gasteiger partial charge in [-0.2, -0.15) is 0 Å². The molecule has 0 unspecified atom stereocenters. The first kappa shape index (κ1) is 9.63. The second-order valence-electron chi connectivity index (χ2n) is 2.10. The number of rotatable bonds is 1. The number of primary sulfonamides is 1. The maximum atomic E-state index is 12.9. The molecule has 6 heteroatoms. The molecule has 0 aromatic heterocycles. The van der Waals surface area contributed by atoms with Crippen LogP contribution in [0.25, 0.3) is 0 Å². The molecule has 0 aliphatic heterocycles. The molecule has 0 radical (unpaired) electrons. The minimum absolute atomic E-state index is 0.130. The van der Waals surface area contributed by atoms with Crippen LogP contribution in [0.5, 0.6) is 0 Å². The van der Waals surface area contributed by atoms with Gasteiger partial charge in [0, 0.05) is 4.47 Å². The Morgan fingerprint density at radius 3 is 2.33 bits per heavy atom. The van der Waals surface area contributed by atoms with Gasteiger partial charge in [-0.3, -0.25) is 0 Å². The summed E-state index contributed by atoms with van der Waals surface area (Å²) in [6, 6.07) is 3.82. The molecule has 0 saturated carbocycles. The molecule has 0 fully saturated rings. The van der Waals surface area contributed by atoms with Gasteiger partial charge >= 0.3 is 0 Å². The lowest BCUT2D eigenvalue weighted by molar-refractivity contribution is 0.566. The zero-order chi connectivity index (χ0) is 9.35. The number of nitrogens with two attached hydrogens (primary N) is 1. The van der Waals surface area contributed by atoms with Crippen molar-refractivity contribution in [3.05, 3.63) is 28.5 Å². The summed E-state index contributed by atoms with van der Waals surface area (Å²) < 4.78 is 34.6. The van der Waals surface area contributed by atoms with E-state index in [4.69, 9.17) is 5.14 Å². The summed E-state index contributed by atoms with van der Waals surface area (Å²) in [5.74, 6) is -0.855. The lowest BCUT2D eigenvalue weighted by Gasteiger charge is -2.01. The number of sulfonamides is 1. The molecular weight excluding hydrogens is 249 g/mol. The van der Waals surface area contributed by atoms with Crippen LogP contribution in [-0.4, -0.2) is 8.42 Å². The molecule has 12 heavy (non-hydrogen) atoms. The summed E-state index contributed by atoms with van der Waals surface area (Å²) in [5.41, 5.74) is 0. The summed E-state index contributed by atoms with van der Waals surface area (Å²) in [6.07, 6.45) is 0. The maximum Gasteiger partial charge on any atom is 0.242 e. The fourth-order valence-electron chi connectivity index (χ4n) is 0.754. The highest BCUT2D eigenvalue weighted by Gasteiger charge is 2.17. The molecule has 1 aromatic rings. The van der Waals surface area contributed by atoms with Gasteiger partial charge < -0.3 is 0 Å². The molecule has 0 atom stereocenters. The first-order valence-corrected chi connectivity index (χ1v) is 5.23. The van der Waals surface area contributed by atoms with Crippen LogP contribution in [0.3, 0.4) is 0 Å². The van der Waals surface area contributed by atoms with Crippen LogP contribution in [-0.2, 0) is 10.0 Å². The van der Waals surface area contributed by atoms with Crippen LogP contribution in [0.2, 0.25) is 0 Å². The average Bonchev–Trinajstić information content (AvgIpc) is 1.82. The number of halogens is 2. The molecule has 3 nitrogen and oxygen atoms in total. The third kappa shape index (κ3) is 1.82. The summed E-state index contributed by atoms with van der Waals surface area (Å²) in [6.45, 7) is 0. The fraction of sp³-hybridized carbons (Fsp3) is 0. The van der Waals surface area contributed by atoms with Crippen molar-refractivity contribution in [1.82, 2.24) is 0 Å². The van der Waals surface area contributed by atoms with E-state index in [9.17, 15) is 12.8 Å². The molecular formula is C6H5BrFNO2S. The largest absolute Gasteiger partial charge is 0.242 e. The SMILES string of the molecule is NS(=O)(=O)c1c(F)cccc1Br. The standard InChI is InChI=1S/C6H5BrFNO2S/c7-4-2-1-3-5(8)6(4)12(9,10)11/h1-3H,(H2,9,10,11). The Morgan fingerprint density at radius 1 is 1.42 bits per heavy atom. The first-order chi connectivity index (χ1) is 5.43. The van der Waals surface area contributed by atoms with E-state index < -0.39 is 20.7 Å². The molecule has 66 valence electrons. The number of hydrogen-bond donors (Lipinski definition) is 1. The van der Waals surface area contributed by atoms with Gasteiger partial charge in [0.05, 0.1) is 0 Å².